The molecule has 0 unspecified atom stereocenters. The van der Waals surface area contributed by atoms with E-state index in [2.05, 4.69) is 46.6 Å². The number of rotatable bonds is 8. The van der Waals surface area contributed by atoms with Gasteiger partial charge < -0.3 is 19.4 Å². The number of halogens is 2. The first-order chi connectivity index (χ1) is 22.7. The normalized spacial score (nSPS) is 18.8. The maximum atomic E-state index is 13.9. The lowest BCUT2D eigenvalue weighted by Gasteiger charge is -2.54. The second-order valence-corrected chi connectivity index (χ2v) is 13.6. The number of aryl methyl sites for hydroxylation is 2. The quantitative estimate of drug-likeness (QED) is 0.232. The number of amides is 1. The van der Waals surface area contributed by atoms with E-state index in [9.17, 15) is 13.6 Å². The maximum absolute atomic E-state index is 13.9. The van der Waals surface area contributed by atoms with Crippen LogP contribution in [0.4, 0.5) is 14.6 Å². The lowest BCUT2D eigenvalue weighted by molar-refractivity contribution is -0.139. The number of likely N-dealkylation sites (tertiary alicyclic amines) is 2. The zero-order valence-electron chi connectivity index (χ0n) is 27.5. The minimum Gasteiger partial charge on any atom is -0.485 e. The zero-order chi connectivity index (χ0) is 32.9. The molecule has 3 saturated heterocycles. The molecule has 9 nitrogen and oxygen atoms in total. The number of nitrogens with zero attached hydrogens (tertiary/aromatic N) is 6. The Hall–Kier alpha value is -4.12. The molecule has 11 heteroatoms. The van der Waals surface area contributed by atoms with Gasteiger partial charge in [-0.3, -0.25) is 9.89 Å². The lowest BCUT2D eigenvalue weighted by atomic mass is 9.72. The molecule has 1 N–H and O–H groups in total. The minimum absolute atomic E-state index is 0.0109. The number of hydrogen-bond donors (Lipinski definition) is 1. The van der Waals surface area contributed by atoms with E-state index in [0.717, 1.165) is 115 Å². The summed E-state index contributed by atoms with van der Waals surface area (Å²) in [5.74, 6) is 2.14. The molecular weight excluding hydrogens is 600 g/mol. The Balaban J connectivity index is 1.39. The number of nitrogens with one attached hydrogen (secondary N) is 1. The van der Waals surface area contributed by atoms with Crippen LogP contribution in [-0.2, 0) is 11.2 Å². The van der Waals surface area contributed by atoms with E-state index in [-0.39, 0.29) is 17.2 Å². The van der Waals surface area contributed by atoms with Crippen molar-refractivity contribution in [1.82, 2.24) is 30.0 Å². The van der Waals surface area contributed by atoms with Gasteiger partial charge in [0.05, 0.1) is 11.7 Å². The number of carbonyl (C=O) groups excluding carboxylic acids is 1. The van der Waals surface area contributed by atoms with E-state index in [4.69, 9.17) is 14.7 Å². The van der Waals surface area contributed by atoms with Gasteiger partial charge in [0.2, 0.25) is 5.91 Å². The molecule has 0 radical (unpaired) electrons. The van der Waals surface area contributed by atoms with Crippen molar-refractivity contribution in [3.05, 3.63) is 54.0 Å². The van der Waals surface area contributed by atoms with Crippen molar-refractivity contribution in [2.45, 2.75) is 58.3 Å². The van der Waals surface area contributed by atoms with Gasteiger partial charge >= 0.3 is 0 Å². The van der Waals surface area contributed by atoms with Crippen molar-refractivity contribution in [2.24, 2.45) is 5.41 Å². The zero-order valence-corrected chi connectivity index (χ0v) is 27.5. The molecule has 47 heavy (non-hydrogen) atoms. The molecule has 3 aliphatic heterocycles. The summed E-state index contributed by atoms with van der Waals surface area (Å²) in [4.78, 5) is 29.2. The summed E-state index contributed by atoms with van der Waals surface area (Å²) < 4.78 is 33.9. The van der Waals surface area contributed by atoms with Crippen LogP contribution in [-0.4, -0.2) is 95.2 Å². The van der Waals surface area contributed by atoms with Crippen LogP contribution in [0.2, 0.25) is 0 Å². The Morgan fingerprint density at radius 2 is 1.87 bits per heavy atom. The summed E-state index contributed by atoms with van der Waals surface area (Å²) in [6.45, 7) is 12.0. The fraction of sp³-hybridized carbons (Fsp3) is 0.500. The van der Waals surface area contributed by atoms with E-state index in [0.29, 0.717) is 17.7 Å². The monoisotopic (exact) mass is 643 g/mol. The van der Waals surface area contributed by atoms with Crippen LogP contribution in [0, 0.1) is 12.3 Å². The summed E-state index contributed by atoms with van der Waals surface area (Å²) in [6, 6.07) is 6.17. The van der Waals surface area contributed by atoms with Crippen molar-refractivity contribution in [3.63, 3.8) is 0 Å². The van der Waals surface area contributed by atoms with Crippen LogP contribution >= 0.6 is 0 Å². The number of alkyl halides is 2. The molecule has 2 aromatic heterocycles. The summed E-state index contributed by atoms with van der Waals surface area (Å²) in [7, 11) is 2.13. The number of piperidine rings is 2. The summed E-state index contributed by atoms with van der Waals surface area (Å²) in [5.41, 5.74) is 5.28. The van der Waals surface area contributed by atoms with Crippen LogP contribution in [0.5, 0.6) is 5.75 Å². The number of aromatic nitrogens is 4. The van der Waals surface area contributed by atoms with E-state index in [1.807, 2.05) is 24.0 Å². The van der Waals surface area contributed by atoms with Gasteiger partial charge in [-0.1, -0.05) is 19.6 Å². The molecule has 4 aromatic rings. The Morgan fingerprint density at radius 1 is 1.13 bits per heavy atom. The van der Waals surface area contributed by atoms with Crippen LogP contribution in [0.1, 0.15) is 55.5 Å². The van der Waals surface area contributed by atoms with Crippen molar-refractivity contribution in [1.29, 1.82) is 0 Å². The average Bonchev–Trinajstić information content (AvgIpc) is 3.54. The number of ether oxygens (including phenoxy) is 1. The first-order valence-corrected chi connectivity index (χ1v) is 16.8. The van der Waals surface area contributed by atoms with Crippen molar-refractivity contribution in [3.8, 4) is 16.9 Å². The Morgan fingerprint density at radius 3 is 2.55 bits per heavy atom. The third-order valence-corrected chi connectivity index (χ3v) is 10.6. The second-order valence-electron chi connectivity index (χ2n) is 13.6. The third kappa shape index (κ3) is 5.72. The van der Waals surface area contributed by atoms with Gasteiger partial charge in [-0.05, 0) is 94.1 Å². The van der Waals surface area contributed by atoms with E-state index in [1.165, 1.54) is 6.08 Å². The maximum Gasteiger partial charge on any atom is 0.272 e. The van der Waals surface area contributed by atoms with Crippen LogP contribution < -0.4 is 9.64 Å². The van der Waals surface area contributed by atoms with Gasteiger partial charge in [0, 0.05) is 53.8 Å². The van der Waals surface area contributed by atoms with Crippen molar-refractivity contribution >= 4 is 33.5 Å². The number of fused-ring (bicyclic) bond motifs is 2. The highest BCUT2D eigenvalue weighted by atomic mass is 19.3. The number of aromatic amines is 1. The SMILES string of the molecule is C=CC(=O)N1CC2(CCN(c3nc(C4CCN(C)CC4)nc4c(OCC(F)F)c(-c5c(C)ccc6[nH]ncc56)c(CC)cc34)CC2)C1. The highest BCUT2D eigenvalue weighted by Gasteiger charge is 2.46. The van der Waals surface area contributed by atoms with Crippen molar-refractivity contribution in [2.75, 3.05) is 57.8 Å². The first-order valence-electron chi connectivity index (χ1n) is 16.8. The number of carbonyl (C=O) groups is 1. The fourth-order valence-electron chi connectivity index (χ4n) is 7.84. The van der Waals surface area contributed by atoms with Gasteiger partial charge in [-0.25, -0.2) is 18.7 Å². The Labute approximate surface area is 274 Å². The summed E-state index contributed by atoms with van der Waals surface area (Å²) in [6.07, 6.45) is 4.95. The number of H-pyrrole nitrogens is 1. The standard InChI is InChI=1S/C36H43F2N7O2/c1-5-23-17-25-32(33(47-19-28(37)38)31(23)30-22(3)7-8-27-26(30)18-39-42-27)40-34(24-9-13-43(4)14-10-24)41-35(25)44-15-11-36(12-16-44)20-45(21-36)29(46)6-2/h6-8,17-18,24,28H,2,5,9-16,19-21H2,1,3-4H3,(H,39,42). The van der Waals surface area contributed by atoms with Crippen LogP contribution in [0.15, 0.2) is 37.1 Å². The Kier molecular flexibility index (Phi) is 8.36. The molecule has 248 valence electrons. The van der Waals surface area contributed by atoms with Gasteiger partial charge in [0.25, 0.3) is 6.43 Å². The van der Waals surface area contributed by atoms with Gasteiger partial charge in [-0.2, -0.15) is 5.10 Å². The predicted octanol–water partition coefficient (Wildman–Crippen LogP) is 6.11. The van der Waals surface area contributed by atoms with Gasteiger partial charge in [0.15, 0.2) is 5.75 Å². The fourth-order valence-corrected chi connectivity index (χ4v) is 7.84. The molecule has 1 spiro atoms. The van der Waals surface area contributed by atoms with Crippen LogP contribution in [0.3, 0.4) is 0 Å². The topological polar surface area (TPSA) is 90.5 Å². The molecule has 5 heterocycles. The number of hydrogen-bond acceptors (Lipinski definition) is 7. The van der Waals surface area contributed by atoms with E-state index in [1.54, 1.807) is 6.20 Å². The van der Waals surface area contributed by atoms with Crippen LogP contribution in [0.25, 0.3) is 32.9 Å². The van der Waals surface area contributed by atoms with Crippen molar-refractivity contribution < 1.29 is 18.3 Å². The number of anilines is 1. The second kappa shape index (κ2) is 12.5. The molecule has 0 saturated carbocycles. The summed E-state index contributed by atoms with van der Waals surface area (Å²) in [5, 5.41) is 9.11. The molecule has 3 fully saturated rings. The molecule has 0 aliphatic carbocycles. The van der Waals surface area contributed by atoms with E-state index < -0.39 is 13.0 Å². The molecule has 3 aliphatic rings. The molecule has 0 atom stereocenters. The van der Waals surface area contributed by atoms with Gasteiger partial charge in [-0.15, -0.1) is 0 Å². The largest absolute Gasteiger partial charge is 0.485 e. The van der Waals surface area contributed by atoms with Gasteiger partial charge in [0.1, 0.15) is 23.8 Å². The molecule has 7 rings (SSSR count). The third-order valence-electron chi connectivity index (χ3n) is 10.6. The molecule has 0 bridgehead atoms. The van der Waals surface area contributed by atoms with E-state index >= 15 is 0 Å². The minimum atomic E-state index is -2.64. The molecule has 2 aromatic carbocycles. The molecular formula is C36H43F2N7O2. The highest BCUT2D eigenvalue weighted by molar-refractivity contribution is 6.05. The Bertz CT molecular complexity index is 1820. The first kappa shape index (κ1) is 31.5. The smallest absolute Gasteiger partial charge is 0.272 e. The summed E-state index contributed by atoms with van der Waals surface area (Å²) >= 11 is 0. The number of benzene rings is 2. The lowest BCUT2D eigenvalue weighted by Crippen LogP contribution is -2.61. The highest BCUT2D eigenvalue weighted by Crippen LogP contribution is 2.47. The molecule has 1 amide bonds. The average molecular weight is 644 g/mol. The predicted molar refractivity (Wildman–Crippen MR) is 180 cm³/mol.